The first-order valence-electron chi connectivity index (χ1n) is 6.74. The Hall–Kier alpha value is -2.29. The van der Waals surface area contributed by atoms with Crippen molar-refractivity contribution in [1.29, 1.82) is 0 Å². The van der Waals surface area contributed by atoms with E-state index < -0.39 is 0 Å². The summed E-state index contributed by atoms with van der Waals surface area (Å²) in [4.78, 5) is 11.9. The van der Waals surface area contributed by atoms with Crippen LogP contribution in [0.4, 0.5) is 0 Å². The summed E-state index contributed by atoms with van der Waals surface area (Å²) in [6, 6.07) is 16.7. The van der Waals surface area contributed by atoms with Gasteiger partial charge in [-0.3, -0.25) is 4.79 Å². The number of carbonyl (C=O) groups is 1. The monoisotopic (exact) mass is 270 g/mol. The van der Waals surface area contributed by atoms with Crippen LogP contribution in [0.1, 0.15) is 23.7 Å². The Balaban J connectivity index is 1.89. The van der Waals surface area contributed by atoms with Crippen LogP contribution in [0.2, 0.25) is 0 Å². The van der Waals surface area contributed by atoms with Gasteiger partial charge < -0.3 is 9.47 Å². The average Bonchev–Trinajstić information content (AvgIpc) is 2.50. The molecule has 0 aliphatic rings. The van der Waals surface area contributed by atoms with Crippen LogP contribution in [-0.2, 0) is 0 Å². The lowest BCUT2D eigenvalue weighted by Gasteiger charge is -2.11. The molecule has 0 aliphatic heterocycles. The Labute approximate surface area is 119 Å². The van der Waals surface area contributed by atoms with Gasteiger partial charge in [0.05, 0.1) is 13.2 Å². The van der Waals surface area contributed by atoms with Crippen LogP contribution < -0.4 is 9.47 Å². The number of hydrogen-bond acceptors (Lipinski definition) is 3. The molecular weight excluding hydrogens is 252 g/mol. The van der Waals surface area contributed by atoms with Crippen LogP contribution in [0, 0.1) is 0 Å². The molecule has 0 saturated carbocycles. The Morgan fingerprint density at radius 3 is 2.15 bits per heavy atom. The first-order valence-corrected chi connectivity index (χ1v) is 6.74. The van der Waals surface area contributed by atoms with E-state index >= 15 is 0 Å². The van der Waals surface area contributed by atoms with Crippen molar-refractivity contribution in [1.82, 2.24) is 0 Å². The smallest absolute Gasteiger partial charge is 0.166 e. The van der Waals surface area contributed by atoms with E-state index in [1.54, 1.807) is 0 Å². The van der Waals surface area contributed by atoms with E-state index in [9.17, 15) is 4.79 Å². The van der Waals surface area contributed by atoms with E-state index in [4.69, 9.17) is 9.47 Å². The summed E-state index contributed by atoms with van der Waals surface area (Å²) < 4.78 is 11.1. The minimum atomic E-state index is 0.0829. The molecule has 0 N–H and O–H groups in total. The topological polar surface area (TPSA) is 35.5 Å². The fourth-order valence-electron chi connectivity index (χ4n) is 1.87. The maximum absolute atomic E-state index is 11.9. The predicted molar refractivity (Wildman–Crippen MR) is 78.5 cm³/mol. The third kappa shape index (κ3) is 3.85. The molecule has 2 aromatic carbocycles. The first kappa shape index (κ1) is 14.1. The Morgan fingerprint density at radius 1 is 0.900 bits per heavy atom. The summed E-state index contributed by atoms with van der Waals surface area (Å²) >= 11 is 0. The second-order valence-electron chi connectivity index (χ2n) is 4.27. The van der Waals surface area contributed by atoms with E-state index in [-0.39, 0.29) is 5.78 Å². The summed E-state index contributed by atoms with van der Waals surface area (Å²) in [6.07, 6.45) is 0.352. The molecular formula is C17H18O3. The van der Waals surface area contributed by atoms with Crippen molar-refractivity contribution >= 4 is 5.78 Å². The highest BCUT2D eigenvalue weighted by atomic mass is 16.5. The second-order valence-corrected chi connectivity index (χ2v) is 4.27. The molecule has 3 heteroatoms. The van der Waals surface area contributed by atoms with Gasteiger partial charge >= 0.3 is 0 Å². The molecule has 0 atom stereocenters. The summed E-state index contributed by atoms with van der Waals surface area (Å²) in [6.45, 7) is 2.86. The molecule has 3 nitrogen and oxygen atoms in total. The Bertz CT molecular complexity index is 549. The number of rotatable bonds is 7. The molecule has 0 aliphatic carbocycles. The van der Waals surface area contributed by atoms with Crippen LogP contribution >= 0.6 is 0 Å². The molecule has 2 aromatic rings. The molecule has 0 heterocycles. The maximum Gasteiger partial charge on any atom is 0.166 e. The third-order valence-electron chi connectivity index (χ3n) is 2.83. The van der Waals surface area contributed by atoms with Crippen molar-refractivity contribution in [3.63, 3.8) is 0 Å². The summed E-state index contributed by atoms with van der Waals surface area (Å²) in [5.74, 6) is 1.47. The van der Waals surface area contributed by atoms with E-state index in [1.807, 2.05) is 61.5 Å². The second kappa shape index (κ2) is 7.34. The highest BCUT2D eigenvalue weighted by molar-refractivity contribution is 5.96. The average molecular weight is 270 g/mol. The van der Waals surface area contributed by atoms with Crippen molar-refractivity contribution in [2.75, 3.05) is 13.2 Å². The lowest BCUT2D eigenvalue weighted by atomic mass is 10.1. The third-order valence-corrected chi connectivity index (χ3v) is 2.83. The standard InChI is InChI=1S/C17H18O3/c1-2-19-16-10-6-7-11-17(16)20-13-12-15(18)14-8-4-3-5-9-14/h3-11H,2,12-13H2,1H3. The van der Waals surface area contributed by atoms with Gasteiger partial charge in [-0.15, -0.1) is 0 Å². The van der Waals surface area contributed by atoms with Crippen molar-refractivity contribution in [3.05, 3.63) is 60.2 Å². The number of para-hydroxylation sites is 2. The zero-order valence-corrected chi connectivity index (χ0v) is 11.5. The van der Waals surface area contributed by atoms with Crippen LogP contribution in [0.25, 0.3) is 0 Å². The molecule has 0 bridgehead atoms. The molecule has 0 radical (unpaired) electrons. The minimum absolute atomic E-state index is 0.0829. The highest BCUT2D eigenvalue weighted by Crippen LogP contribution is 2.26. The summed E-state index contributed by atoms with van der Waals surface area (Å²) in [5, 5.41) is 0. The van der Waals surface area contributed by atoms with Gasteiger partial charge in [-0.2, -0.15) is 0 Å². The van der Waals surface area contributed by atoms with Crippen LogP contribution in [0.15, 0.2) is 54.6 Å². The SMILES string of the molecule is CCOc1ccccc1OCCC(=O)c1ccccc1. The molecule has 0 spiro atoms. The van der Waals surface area contributed by atoms with E-state index in [0.717, 1.165) is 0 Å². The largest absolute Gasteiger partial charge is 0.490 e. The van der Waals surface area contributed by atoms with Gasteiger partial charge in [0.2, 0.25) is 0 Å². The van der Waals surface area contributed by atoms with Crippen molar-refractivity contribution in [2.24, 2.45) is 0 Å². The quantitative estimate of drug-likeness (QED) is 0.719. The molecule has 0 saturated heterocycles. The lowest BCUT2D eigenvalue weighted by molar-refractivity contribution is 0.0961. The lowest BCUT2D eigenvalue weighted by Crippen LogP contribution is -2.07. The van der Waals surface area contributed by atoms with Crippen LogP contribution in [0.5, 0.6) is 11.5 Å². The van der Waals surface area contributed by atoms with Gasteiger partial charge in [-0.05, 0) is 19.1 Å². The fraction of sp³-hybridized carbons (Fsp3) is 0.235. The summed E-state index contributed by atoms with van der Waals surface area (Å²) in [5.41, 5.74) is 0.717. The molecule has 0 amide bonds. The van der Waals surface area contributed by atoms with Crippen LogP contribution in [0.3, 0.4) is 0 Å². The van der Waals surface area contributed by atoms with Gasteiger partial charge in [0.15, 0.2) is 17.3 Å². The molecule has 0 unspecified atom stereocenters. The maximum atomic E-state index is 11.9. The molecule has 0 fully saturated rings. The number of benzene rings is 2. The molecule has 20 heavy (non-hydrogen) atoms. The molecule has 2 rings (SSSR count). The van der Waals surface area contributed by atoms with E-state index in [0.29, 0.717) is 36.7 Å². The van der Waals surface area contributed by atoms with Gasteiger partial charge in [0.25, 0.3) is 0 Å². The zero-order chi connectivity index (χ0) is 14.2. The van der Waals surface area contributed by atoms with Gasteiger partial charge in [-0.25, -0.2) is 0 Å². The zero-order valence-electron chi connectivity index (χ0n) is 11.5. The Morgan fingerprint density at radius 2 is 1.50 bits per heavy atom. The predicted octanol–water partition coefficient (Wildman–Crippen LogP) is 3.74. The number of ketones is 1. The number of Topliss-reactive ketones (excluding diaryl/α,β-unsaturated/α-hetero) is 1. The van der Waals surface area contributed by atoms with E-state index in [2.05, 4.69) is 0 Å². The Kier molecular flexibility index (Phi) is 5.18. The van der Waals surface area contributed by atoms with Gasteiger partial charge in [0, 0.05) is 12.0 Å². The number of hydrogen-bond donors (Lipinski definition) is 0. The van der Waals surface area contributed by atoms with Crippen molar-refractivity contribution < 1.29 is 14.3 Å². The molecule has 0 aromatic heterocycles. The first-order chi connectivity index (χ1) is 9.81. The van der Waals surface area contributed by atoms with Crippen LogP contribution in [-0.4, -0.2) is 19.0 Å². The van der Waals surface area contributed by atoms with E-state index in [1.165, 1.54) is 0 Å². The van der Waals surface area contributed by atoms with Gasteiger partial charge in [0.1, 0.15) is 0 Å². The number of carbonyl (C=O) groups excluding carboxylic acids is 1. The molecule has 104 valence electrons. The van der Waals surface area contributed by atoms with Gasteiger partial charge in [-0.1, -0.05) is 42.5 Å². The van der Waals surface area contributed by atoms with Crippen molar-refractivity contribution in [3.8, 4) is 11.5 Å². The normalized spacial score (nSPS) is 10.1. The fourth-order valence-corrected chi connectivity index (χ4v) is 1.87. The summed E-state index contributed by atoms with van der Waals surface area (Å²) in [7, 11) is 0. The number of ether oxygens (including phenoxy) is 2. The highest BCUT2D eigenvalue weighted by Gasteiger charge is 2.07. The van der Waals surface area contributed by atoms with Crippen molar-refractivity contribution in [2.45, 2.75) is 13.3 Å². The minimum Gasteiger partial charge on any atom is -0.490 e.